The summed E-state index contributed by atoms with van der Waals surface area (Å²) in [6.45, 7) is 3.74. The molecule has 0 unspecified atom stereocenters. The van der Waals surface area contributed by atoms with Crippen molar-refractivity contribution in [2.45, 2.75) is 32.2 Å². The van der Waals surface area contributed by atoms with E-state index in [2.05, 4.69) is 4.84 Å². The zero-order valence-electron chi connectivity index (χ0n) is 6.87. The fraction of sp³-hybridized carbons (Fsp3) is 1.00. The average Bonchev–Trinajstić information content (AvgIpc) is 2.00. The molecule has 0 amide bonds. The lowest BCUT2D eigenvalue weighted by Gasteiger charge is -2.24. The van der Waals surface area contributed by atoms with Crippen LogP contribution in [0.1, 0.15) is 26.7 Å². The summed E-state index contributed by atoms with van der Waals surface area (Å²) in [7, 11) is 0. The van der Waals surface area contributed by atoms with Crippen molar-refractivity contribution in [2.24, 2.45) is 5.73 Å². The third kappa shape index (κ3) is 3.77. The largest absolute Gasteiger partial charge is 0.323 e. The monoisotopic (exact) mass is 162 g/mol. The van der Waals surface area contributed by atoms with Crippen LogP contribution in [0.2, 0.25) is 0 Å². The number of nitrogens with zero attached hydrogens (tertiary/aromatic N) is 1. The minimum absolute atomic E-state index is 0.0208. The van der Waals surface area contributed by atoms with Gasteiger partial charge in [0.2, 0.25) is 0 Å². The van der Waals surface area contributed by atoms with Crippen LogP contribution < -0.4 is 5.73 Å². The highest BCUT2D eigenvalue weighted by molar-refractivity contribution is 4.79. The summed E-state index contributed by atoms with van der Waals surface area (Å²) in [5, 5.41) is 8.99. The molecule has 0 saturated heterocycles. The van der Waals surface area contributed by atoms with Crippen molar-refractivity contribution in [1.82, 2.24) is 0 Å². The highest BCUT2D eigenvalue weighted by Crippen LogP contribution is 2.10. The summed E-state index contributed by atoms with van der Waals surface area (Å²) in [4.78, 5) is 14.0. The van der Waals surface area contributed by atoms with Crippen LogP contribution >= 0.6 is 0 Å². The summed E-state index contributed by atoms with van der Waals surface area (Å²) in [6.07, 6.45) is 1.36. The van der Waals surface area contributed by atoms with Crippen LogP contribution in [-0.2, 0) is 4.84 Å². The predicted octanol–water partition coefficient (Wildman–Crippen LogP) is 0.712. The van der Waals surface area contributed by atoms with Gasteiger partial charge < -0.3 is 10.6 Å². The van der Waals surface area contributed by atoms with Crippen molar-refractivity contribution in [3.05, 3.63) is 10.1 Å². The third-order valence-corrected chi connectivity index (χ3v) is 1.87. The van der Waals surface area contributed by atoms with Crippen molar-refractivity contribution in [1.29, 1.82) is 0 Å². The van der Waals surface area contributed by atoms with Crippen molar-refractivity contribution in [3.8, 4) is 0 Å². The van der Waals surface area contributed by atoms with Crippen LogP contribution in [0.3, 0.4) is 0 Å². The van der Waals surface area contributed by atoms with Crippen LogP contribution in [0.25, 0.3) is 0 Å². The highest BCUT2D eigenvalue weighted by Gasteiger charge is 2.21. The average molecular weight is 162 g/mol. The van der Waals surface area contributed by atoms with Gasteiger partial charge in [-0.3, -0.25) is 0 Å². The molecule has 0 aromatic rings. The fourth-order valence-corrected chi connectivity index (χ4v) is 0.635. The summed E-state index contributed by atoms with van der Waals surface area (Å²) >= 11 is 0. The van der Waals surface area contributed by atoms with Gasteiger partial charge in [0.1, 0.15) is 6.61 Å². The summed E-state index contributed by atoms with van der Waals surface area (Å²) in [6, 6.07) is 0. The molecule has 0 heterocycles. The summed E-state index contributed by atoms with van der Waals surface area (Å²) in [5.74, 6) is 0. The maximum absolute atomic E-state index is 9.81. The Hall–Kier alpha value is -0.840. The Morgan fingerprint density at radius 3 is 2.27 bits per heavy atom. The number of hydrogen-bond acceptors (Lipinski definition) is 4. The lowest BCUT2D eigenvalue weighted by Crippen LogP contribution is -2.43. The van der Waals surface area contributed by atoms with Crippen LogP contribution in [0.4, 0.5) is 0 Å². The quantitative estimate of drug-likeness (QED) is 0.477. The van der Waals surface area contributed by atoms with Gasteiger partial charge in [0.05, 0.1) is 0 Å². The van der Waals surface area contributed by atoms with Crippen molar-refractivity contribution in [2.75, 3.05) is 6.61 Å². The molecule has 0 radical (unpaired) electrons. The van der Waals surface area contributed by atoms with E-state index in [4.69, 9.17) is 5.73 Å². The number of rotatable bonds is 5. The van der Waals surface area contributed by atoms with Crippen LogP contribution in [0.15, 0.2) is 0 Å². The first-order chi connectivity index (χ1) is 5.04. The number of nitrogens with two attached hydrogens (primary N) is 1. The van der Waals surface area contributed by atoms with Crippen molar-refractivity contribution >= 4 is 0 Å². The van der Waals surface area contributed by atoms with E-state index in [-0.39, 0.29) is 6.61 Å². The summed E-state index contributed by atoms with van der Waals surface area (Å²) < 4.78 is 0. The van der Waals surface area contributed by atoms with Crippen molar-refractivity contribution < 1.29 is 9.92 Å². The second kappa shape index (κ2) is 4.12. The van der Waals surface area contributed by atoms with Gasteiger partial charge in [-0.15, -0.1) is 10.1 Å². The van der Waals surface area contributed by atoms with Crippen LogP contribution in [-0.4, -0.2) is 17.2 Å². The fourth-order valence-electron chi connectivity index (χ4n) is 0.635. The lowest BCUT2D eigenvalue weighted by atomic mass is 9.96. The van der Waals surface area contributed by atoms with Crippen LogP contribution in [0.5, 0.6) is 0 Å². The Labute approximate surface area is 65.6 Å². The molecule has 0 atom stereocenters. The SMILES string of the molecule is CCC(N)(CC)CO[N+](=O)[O-]. The first kappa shape index (κ1) is 10.2. The molecule has 0 fully saturated rings. The van der Waals surface area contributed by atoms with Gasteiger partial charge in [0.25, 0.3) is 5.09 Å². The van der Waals surface area contributed by atoms with Gasteiger partial charge in [-0.25, -0.2) is 0 Å². The normalized spacial score (nSPS) is 11.2. The molecule has 66 valence electrons. The van der Waals surface area contributed by atoms with E-state index in [9.17, 15) is 10.1 Å². The van der Waals surface area contributed by atoms with E-state index in [0.29, 0.717) is 12.8 Å². The maximum Gasteiger partial charge on any atom is 0.294 e. The summed E-state index contributed by atoms with van der Waals surface area (Å²) in [5.41, 5.74) is 5.17. The predicted molar refractivity (Wildman–Crippen MR) is 40.4 cm³/mol. The molecule has 11 heavy (non-hydrogen) atoms. The third-order valence-electron chi connectivity index (χ3n) is 1.87. The second-order valence-corrected chi connectivity index (χ2v) is 2.57. The molecule has 5 heteroatoms. The smallest absolute Gasteiger partial charge is 0.294 e. The first-order valence-electron chi connectivity index (χ1n) is 3.60. The molecule has 0 aliphatic carbocycles. The van der Waals surface area contributed by atoms with E-state index in [1.807, 2.05) is 13.8 Å². The van der Waals surface area contributed by atoms with E-state index < -0.39 is 10.6 Å². The Morgan fingerprint density at radius 1 is 1.55 bits per heavy atom. The van der Waals surface area contributed by atoms with Gasteiger partial charge in [-0.05, 0) is 12.8 Å². The molecule has 0 aromatic carbocycles. The Bertz CT molecular complexity index is 134. The molecule has 0 saturated carbocycles. The molecule has 0 rings (SSSR count). The van der Waals surface area contributed by atoms with Gasteiger partial charge >= 0.3 is 0 Å². The van der Waals surface area contributed by atoms with Crippen molar-refractivity contribution in [3.63, 3.8) is 0 Å². The standard InChI is InChI=1S/C6H14N2O3/c1-3-6(7,4-2)5-11-8(9)10/h3-5,7H2,1-2H3. The highest BCUT2D eigenvalue weighted by atomic mass is 16.9. The Morgan fingerprint density at radius 2 is 2.00 bits per heavy atom. The van der Waals surface area contributed by atoms with Crippen LogP contribution in [0, 0.1) is 10.1 Å². The van der Waals surface area contributed by atoms with E-state index in [1.165, 1.54) is 0 Å². The zero-order chi connectivity index (χ0) is 8.91. The number of hydrogen-bond donors (Lipinski definition) is 1. The Balaban J connectivity index is 3.78. The van der Waals surface area contributed by atoms with E-state index in [0.717, 1.165) is 0 Å². The molecule has 0 aromatic heterocycles. The van der Waals surface area contributed by atoms with Gasteiger partial charge in [-0.2, -0.15) is 0 Å². The molecule has 2 N–H and O–H groups in total. The molecule has 0 bridgehead atoms. The molecule has 0 spiro atoms. The zero-order valence-corrected chi connectivity index (χ0v) is 6.87. The van der Waals surface area contributed by atoms with Gasteiger partial charge in [0, 0.05) is 5.54 Å². The molecule has 0 aliphatic rings. The minimum atomic E-state index is -0.813. The molecular weight excluding hydrogens is 148 g/mol. The first-order valence-corrected chi connectivity index (χ1v) is 3.60. The second-order valence-electron chi connectivity index (χ2n) is 2.57. The molecular formula is C6H14N2O3. The topological polar surface area (TPSA) is 78.4 Å². The minimum Gasteiger partial charge on any atom is -0.323 e. The maximum atomic E-state index is 9.81. The molecule has 0 aliphatic heterocycles. The van der Waals surface area contributed by atoms with E-state index in [1.54, 1.807) is 0 Å². The molecule has 5 nitrogen and oxygen atoms in total. The lowest BCUT2D eigenvalue weighted by molar-refractivity contribution is -0.759. The van der Waals surface area contributed by atoms with E-state index >= 15 is 0 Å². The van der Waals surface area contributed by atoms with Gasteiger partial charge in [0.15, 0.2) is 0 Å². The van der Waals surface area contributed by atoms with Gasteiger partial charge in [-0.1, -0.05) is 13.8 Å². The Kier molecular flexibility index (Phi) is 3.81.